The number of aromatic nitrogens is 2. The molecule has 1 saturated heterocycles. The minimum atomic E-state index is -0.0266. The molecule has 23 heavy (non-hydrogen) atoms. The van der Waals surface area contributed by atoms with Crippen molar-refractivity contribution in [3.05, 3.63) is 53.2 Å². The molecule has 0 N–H and O–H groups in total. The highest BCUT2D eigenvalue weighted by Gasteiger charge is 2.34. The van der Waals surface area contributed by atoms with E-state index in [4.69, 9.17) is 4.52 Å². The topological polar surface area (TPSA) is 59.2 Å². The van der Waals surface area contributed by atoms with Gasteiger partial charge in [0.2, 0.25) is 5.91 Å². The smallest absolute Gasteiger partial charge is 0.267 e. The number of aryl methyl sites for hydroxylation is 1. The standard InChI is InChI=1S/C17H15N3O2S/c1-11-4-6-13(7-5-11)20-10-12(9-15(20)21)16-18-17(22-19-16)14-3-2-8-23-14/h2-8,12H,9-10H2,1H3/t12-/m0/s1. The van der Waals surface area contributed by atoms with Crippen LogP contribution >= 0.6 is 11.3 Å². The van der Waals surface area contributed by atoms with E-state index in [-0.39, 0.29) is 11.8 Å². The minimum absolute atomic E-state index is 0.0266. The lowest BCUT2D eigenvalue weighted by atomic mass is 10.1. The number of carbonyl (C=O) groups is 1. The summed E-state index contributed by atoms with van der Waals surface area (Å²) in [5.41, 5.74) is 2.10. The van der Waals surface area contributed by atoms with E-state index >= 15 is 0 Å². The highest BCUT2D eigenvalue weighted by atomic mass is 32.1. The molecule has 3 aromatic rings. The van der Waals surface area contributed by atoms with Crippen LogP contribution in [0.4, 0.5) is 5.69 Å². The van der Waals surface area contributed by atoms with Crippen LogP contribution in [0.3, 0.4) is 0 Å². The first-order chi connectivity index (χ1) is 11.2. The van der Waals surface area contributed by atoms with E-state index in [0.29, 0.717) is 24.7 Å². The molecule has 1 aromatic carbocycles. The summed E-state index contributed by atoms with van der Waals surface area (Å²) < 4.78 is 5.33. The summed E-state index contributed by atoms with van der Waals surface area (Å²) in [4.78, 5) is 19.5. The van der Waals surface area contributed by atoms with Crippen molar-refractivity contribution in [3.8, 4) is 10.8 Å². The van der Waals surface area contributed by atoms with Crippen LogP contribution < -0.4 is 4.90 Å². The molecular weight excluding hydrogens is 310 g/mol. The maximum Gasteiger partial charge on any atom is 0.267 e. The predicted molar refractivity (Wildman–Crippen MR) is 88.5 cm³/mol. The maximum absolute atomic E-state index is 12.3. The Labute approximate surface area is 137 Å². The van der Waals surface area contributed by atoms with Crippen LogP contribution in [-0.4, -0.2) is 22.6 Å². The van der Waals surface area contributed by atoms with E-state index in [1.165, 1.54) is 5.56 Å². The van der Waals surface area contributed by atoms with Gasteiger partial charge in [-0.25, -0.2) is 0 Å². The Bertz CT molecular complexity index is 824. The van der Waals surface area contributed by atoms with E-state index < -0.39 is 0 Å². The first-order valence-electron chi connectivity index (χ1n) is 7.45. The van der Waals surface area contributed by atoms with E-state index in [1.54, 1.807) is 16.2 Å². The third-order valence-electron chi connectivity index (χ3n) is 4.01. The third-order valence-corrected chi connectivity index (χ3v) is 4.87. The average molecular weight is 325 g/mol. The molecule has 1 aliphatic rings. The van der Waals surface area contributed by atoms with Gasteiger partial charge in [0.25, 0.3) is 5.89 Å². The van der Waals surface area contributed by atoms with Gasteiger partial charge in [-0.1, -0.05) is 28.9 Å². The molecule has 0 saturated carbocycles. The van der Waals surface area contributed by atoms with Crippen LogP contribution in [0, 0.1) is 6.92 Å². The lowest BCUT2D eigenvalue weighted by Crippen LogP contribution is -2.24. The third kappa shape index (κ3) is 2.66. The Morgan fingerprint density at radius 1 is 1.26 bits per heavy atom. The van der Waals surface area contributed by atoms with Gasteiger partial charge in [0.05, 0.1) is 4.88 Å². The summed E-state index contributed by atoms with van der Waals surface area (Å²) in [6.45, 7) is 2.62. The van der Waals surface area contributed by atoms with Crippen molar-refractivity contribution in [3.63, 3.8) is 0 Å². The van der Waals surface area contributed by atoms with Gasteiger partial charge < -0.3 is 9.42 Å². The zero-order valence-electron chi connectivity index (χ0n) is 12.6. The number of carbonyl (C=O) groups excluding carboxylic acids is 1. The van der Waals surface area contributed by atoms with Gasteiger partial charge in [-0.15, -0.1) is 11.3 Å². The fraction of sp³-hybridized carbons (Fsp3) is 0.235. The molecular formula is C17H15N3O2S. The molecule has 0 spiro atoms. The summed E-state index contributed by atoms with van der Waals surface area (Å²) >= 11 is 1.56. The minimum Gasteiger partial charge on any atom is -0.333 e. The average Bonchev–Trinajstić information content (AvgIpc) is 3.27. The number of benzene rings is 1. The summed E-state index contributed by atoms with van der Waals surface area (Å²) in [5.74, 6) is 1.20. The monoisotopic (exact) mass is 325 g/mol. The number of amides is 1. The molecule has 5 nitrogen and oxygen atoms in total. The zero-order chi connectivity index (χ0) is 15.8. The van der Waals surface area contributed by atoms with Gasteiger partial charge in [-0.05, 0) is 30.5 Å². The molecule has 1 fully saturated rings. The van der Waals surface area contributed by atoms with Gasteiger partial charge in [-0.2, -0.15) is 4.98 Å². The molecule has 2 aromatic heterocycles. The highest BCUT2D eigenvalue weighted by molar-refractivity contribution is 7.13. The van der Waals surface area contributed by atoms with Crippen molar-refractivity contribution in [1.82, 2.24) is 10.1 Å². The summed E-state index contributed by atoms with van der Waals surface area (Å²) in [6, 6.07) is 11.9. The second-order valence-electron chi connectivity index (χ2n) is 5.68. The van der Waals surface area contributed by atoms with Gasteiger partial charge in [0.1, 0.15) is 0 Å². The van der Waals surface area contributed by atoms with Crippen molar-refractivity contribution >= 4 is 22.9 Å². The molecule has 0 unspecified atom stereocenters. The van der Waals surface area contributed by atoms with E-state index in [9.17, 15) is 4.79 Å². The van der Waals surface area contributed by atoms with Crippen molar-refractivity contribution in [2.24, 2.45) is 0 Å². The Balaban J connectivity index is 1.55. The quantitative estimate of drug-likeness (QED) is 0.738. The molecule has 1 amide bonds. The number of rotatable bonds is 3. The van der Waals surface area contributed by atoms with Crippen LogP contribution in [0.1, 0.15) is 23.7 Å². The van der Waals surface area contributed by atoms with Gasteiger partial charge >= 0.3 is 0 Å². The zero-order valence-corrected chi connectivity index (χ0v) is 13.4. The number of nitrogens with zero attached hydrogens (tertiary/aromatic N) is 3. The summed E-state index contributed by atoms with van der Waals surface area (Å²) in [5, 5.41) is 6.04. The Morgan fingerprint density at radius 2 is 2.09 bits per heavy atom. The Kier molecular flexibility index (Phi) is 3.46. The van der Waals surface area contributed by atoms with Crippen LogP contribution in [0.2, 0.25) is 0 Å². The van der Waals surface area contributed by atoms with Crippen LogP contribution in [0.25, 0.3) is 10.8 Å². The molecule has 0 aliphatic carbocycles. The number of anilines is 1. The molecule has 0 radical (unpaired) electrons. The summed E-state index contributed by atoms with van der Waals surface area (Å²) in [7, 11) is 0. The fourth-order valence-corrected chi connectivity index (χ4v) is 3.40. The van der Waals surface area contributed by atoms with Crippen molar-refractivity contribution in [2.75, 3.05) is 11.4 Å². The largest absolute Gasteiger partial charge is 0.333 e. The highest BCUT2D eigenvalue weighted by Crippen LogP contribution is 2.32. The molecule has 6 heteroatoms. The lowest BCUT2D eigenvalue weighted by molar-refractivity contribution is -0.117. The molecule has 4 rings (SSSR count). The van der Waals surface area contributed by atoms with E-state index in [1.807, 2.05) is 48.7 Å². The molecule has 1 atom stereocenters. The number of hydrogen-bond donors (Lipinski definition) is 0. The van der Waals surface area contributed by atoms with Crippen molar-refractivity contribution < 1.29 is 9.32 Å². The van der Waals surface area contributed by atoms with Crippen molar-refractivity contribution in [2.45, 2.75) is 19.3 Å². The van der Waals surface area contributed by atoms with E-state index in [0.717, 1.165) is 10.6 Å². The first-order valence-corrected chi connectivity index (χ1v) is 8.33. The van der Waals surface area contributed by atoms with Gasteiger partial charge in [0.15, 0.2) is 5.82 Å². The van der Waals surface area contributed by atoms with E-state index in [2.05, 4.69) is 10.1 Å². The second kappa shape index (κ2) is 5.62. The molecule has 3 heterocycles. The second-order valence-corrected chi connectivity index (χ2v) is 6.62. The van der Waals surface area contributed by atoms with Gasteiger partial charge in [-0.3, -0.25) is 4.79 Å². The molecule has 1 aliphatic heterocycles. The predicted octanol–water partition coefficient (Wildman–Crippen LogP) is 3.63. The van der Waals surface area contributed by atoms with Crippen LogP contribution in [0.15, 0.2) is 46.3 Å². The SMILES string of the molecule is Cc1ccc(N2C[C@@H](c3noc(-c4cccs4)n3)CC2=O)cc1. The summed E-state index contributed by atoms with van der Waals surface area (Å²) in [6.07, 6.45) is 0.414. The van der Waals surface area contributed by atoms with Crippen LogP contribution in [0.5, 0.6) is 0 Å². The van der Waals surface area contributed by atoms with Crippen molar-refractivity contribution in [1.29, 1.82) is 0 Å². The van der Waals surface area contributed by atoms with Crippen LogP contribution in [-0.2, 0) is 4.79 Å². The lowest BCUT2D eigenvalue weighted by Gasteiger charge is -2.16. The Morgan fingerprint density at radius 3 is 2.83 bits per heavy atom. The number of thiophene rings is 1. The fourth-order valence-electron chi connectivity index (χ4n) is 2.76. The molecule has 0 bridgehead atoms. The normalized spacial score (nSPS) is 17.9. The number of hydrogen-bond acceptors (Lipinski definition) is 5. The Hall–Kier alpha value is -2.47. The first kappa shape index (κ1) is 14.1. The molecule has 116 valence electrons. The van der Waals surface area contributed by atoms with Gasteiger partial charge in [0, 0.05) is 24.6 Å². The maximum atomic E-state index is 12.3.